The number of methoxy groups -OCH3 is 1. The molecular formula is C40H52ClN3O7S. The molecule has 6 atom stereocenters. The molecule has 0 radical (unpaired) electrons. The maximum atomic E-state index is 14.8. The van der Waals surface area contributed by atoms with Gasteiger partial charge in [0.25, 0.3) is 11.8 Å². The van der Waals surface area contributed by atoms with E-state index < -0.39 is 27.0 Å². The van der Waals surface area contributed by atoms with Crippen molar-refractivity contribution in [1.82, 2.24) is 4.72 Å². The predicted octanol–water partition coefficient (Wildman–Crippen LogP) is 6.82. The number of carbonyl (C=O) groups excluding carboxylic acids is 2. The van der Waals surface area contributed by atoms with Crippen molar-refractivity contribution in [3.8, 4) is 5.75 Å². The van der Waals surface area contributed by atoms with E-state index in [1.807, 2.05) is 25.1 Å². The number of halogens is 1. The van der Waals surface area contributed by atoms with Crippen LogP contribution in [0.4, 0.5) is 5.69 Å². The molecule has 2 aromatic rings. The Morgan fingerprint density at radius 2 is 1.98 bits per heavy atom. The summed E-state index contributed by atoms with van der Waals surface area (Å²) in [6, 6.07) is 11.6. The largest absolute Gasteiger partial charge is 0.490 e. The van der Waals surface area contributed by atoms with E-state index in [0.717, 1.165) is 55.9 Å². The van der Waals surface area contributed by atoms with Crippen molar-refractivity contribution in [2.24, 2.45) is 16.2 Å². The summed E-state index contributed by atoms with van der Waals surface area (Å²) in [7, 11) is -1.77. The van der Waals surface area contributed by atoms with Crippen LogP contribution >= 0.6 is 11.6 Å². The molecule has 2 aliphatic carbocycles. The minimum absolute atomic E-state index is 0.0510. The van der Waals surface area contributed by atoms with Crippen LogP contribution in [0.1, 0.15) is 86.2 Å². The summed E-state index contributed by atoms with van der Waals surface area (Å²) in [6.07, 6.45) is 12.2. The summed E-state index contributed by atoms with van der Waals surface area (Å²) < 4.78 is 45.8. The quantitative estimate of drug-likeness (QED) is 0.320. The van der Waals surface area contributed by atoms with Gasteiger partial charge in [-0.2, -0.15) is 0 Å². The highest BCUT2D eigenvalue weighted by Crippen LogP contribution is 2.47. The summed E-state index contributed by atoms with van der Waals surface area (Å²) in [5.74, 6) is 0.268. The van der Waals surface area contributed by atoms with Gasteiger partial charge in [-0.3, -0.25) is 14.3 Å². The molecule has 1 saturated heterocycles. The molecule has 0 aromatic heterocycles. The van der Waals surface area contributed by atoms with Crippen molar-refractivity contribution in [2.45, 2.75) is 94.0 Å². The molecule has 52 heavy (non-hydrogen) atoms. The van der Waals surface area contributed by atoms with Crippen LogP contribution in [0.25, 0.3) is 0 Å². The Morgan fingerprint density at radius 3 is 2.75 bits per heavy atom. The number of hydrogen-bond acceptors (Lipinski definition) is 8. The first-order valence-electron chi connectivity index (χ1n) is 19.0. The van der Waals surface area contributed by atoms with Crippen LogP contribution in [0, 0.1) is 11.8 Å². The Labute approximate surface area is 313 Å². The van der Waals surface area contributed by atoms with Gasteiger partial charge in [-0.1, -0.05) is 36.7 Å². The SMILES string of the molecule is CC[C@@H]1CC/C=C/[C@H](OC)[C@@H]2CC[C@H]2CN2C[C@@]3(CCCc4cc(Cl)ccc43)COc3ccc(cc32)C(=O)N=S1(=O)NC(=O)COC1CCOCC1. The number of fused-ring (bicyclic) bond motifs is 4. The predicted molar refractivity (Wildman–Crippen MR) is 203 cm³/mol. The number of nitrogens with zero attached hydrogens (tertiary/aromatic N) is 2. The number of nitrogens with one attached hydrogen (secondary N) is 1. The van der Waals surface area contributed by atoms with Crippen LogP contribution in [0.3, 0.4) is 0 Å². The third-order valence-electron chi connectivity index (χ3n) is 11.9. The normalized spacial score (nSPS) is 31.6. The number of carbonyl (C=O) groups is 2. The highest BCUT2D eigenvalue weighted by atomic mass is 35.5. The monoisotopic (exact) mass is 753 g/mol. The van der Waals surface area contributed by atoms with Gasteiger partial charge in [0.1, 0.15) is 22.3 Å². The molecule has 5 aliphatic rings. The summed E-state index contributed by atoms with van der Waals surface area (Å²) in [6.45, 7) is 4.82. The molecule has 3 heterocycles. The molecule has 7 rings (SSSR count). The molecule has 282 valence electrons. The number of amides is 2. The molecule has 2 fully saturated rings. The maximum absolute atomic E-state index is 14.8. The van der Waals surface area contributed by atoms with Gasteiger partial charge in [0.15, 0.2) is 0 Å². The molecule has 1 unspecified atom stereocenters. The first kappa shape index (κ1) is 37.4. The Kier molecular flexibility index (Phi) is 11.6. The van der Waals surface area contributed by atoms with Gasteiger partial charge in [-0.25, -0.2) is 4.21 Å². The van der Waals surface area contributed by atoms with Gasteiger partial charge in [0.2, 0.25) is 0 Å². The Bertz CT molecular complexity index is 1790. The number of hydrogen-bond donors (Lipinski definition) is 1. The fraction of sp³-hybridized carbons (Fsp3) is 0.600. The van der Waals surface area contributed by atoms with Gasteiger partial charge in [0, 0.05) is 49.4 Å². The minimum atomic E-state index is -3.54. The Morgan fingerprint density at radius 1 is 1.13 bits per heavy atom. The van der Waals surface area contributed by atoms with E-state index in [9.17, 15) is 13.8 Å². The molecule has 1 spiro atoms. The maximum Gasteiger partial charge on any atom is 0.286 e. The lowest BCUT2D eigenvalue weighted by Crippen LogP contribution is -2.49. The average Bonchev–Trinajstić information content (AvgIpc) is 3.28. The first-order valence-corrected chi connectivity index (χ1v) is 21.0. The zero-order chi connectivity index (χ0) is 36.3. The number of rotatable bonds is 6. The summed E-state index contributed by atoms with van der Waals surface area (Å²) >= 11 is 6.47. The highest BCUT2D eigenvalue weighted by Gasteiger charge is 2.44. The topological polar surface area (TPSA) is 116 Å². The van der Waals surface area contributed by atoms with Gasteiger partial charge < -0.3 is 23.8 Å². The summed E-state index contributed by atoms with van der Waals surface area (Å²) in [5, 5.41) is 0.185. The van der Waals surface area contributed by atoms with Crippen LogP contribution in [0.5, 0.6) is 5.75 Å². The highest BCUT2D eigenvalue weighted by molar-refractivity contribution is 7.93. The molecule has 2 bridgehead atoms. The van der Waals surface area contributed by atoms with Gasteiger partial charge >= 0.3 is 0 Å². The third-order valence-corrected chi connectivity index (χ3v) is 14.6. The van der Waals surface area contributed by atoms with Crippen molar-refractivity contribution in [1.29, 1.82) is 0 Å². The van der Waals surface area contributed by atoms with E-state index >= 15 is 0 Å². The zero-order valence-electron chi connectivity index (χ0n) is 30.4. The second kappa shape index (κ2) is 16.2. The molecule has 3 aliphatic heterocycles. The molecular weight excluding hydrogens is 702 g/mol. The number of anilines is 1. The van der Waals surface area contributed by atoms with Crippen molar-refractivity contribution in [2.75, 3.05) is 51.5 Å². The lowest BCUT2D eigenvalue weighted by molar-refractivity contribution is -0.128. The van der Waals surface area contributed by atoms with E-state index in [4.69, 9.17) is 30.5 Å². The number of allylic oxidation sites excluding steroid dienone is 1. The second-order valence-electron chi connectivity index (χ2n) is 15.1. The van der Waals surface area contributed by atoms with Crippen LogP contribution < -0.4 is 14.4 Å². The molecule has 10 nitrogen and oxygen atoms in total. The number of ether oxygens (including phenoxy) is 4. The summed E-state index contributed by atoms with van der Waals surface area (Å²) in [5.41, 5.74) is 3.42. The van der Waals surface area contributed by atoms with E-state index in [-0.39, 0.29) is 24.2 Å². The Hall–Kier alpha value is -2.96. The molecule has 2 amide bonds. The van der Waals surface area contributed by atoms with Gasteiger partial charge in [-0.15, -0.1) is 4.36 Å². The van der Waals surface area contributed by atoms with E-state index in [1.165, 1.54) is 11.1 Å². The minimum Gasteiger partial charge on any atom is -0.490 e. The number of benzene rings is 2. The Balaban J connectivity index is 1.26. The molecule has 12 heteroatoms. The van der Waals surface area contributed by atoms with Crippen molar-refractivity contribution in [3.05, 3.63) is 70.3 Å². The molecule has 1 N–H and O–H groups in total. The fourth-order valence-electron chi connectivity index (χ4n) is 8.87. The summed E-state index contributed by atoms with van der Waals surface area (Å²) in [4.78, 5) is 29.8. The second-order valence-corrected chi connectivity index (χ2v) is 17.8. The van der Waals surface area contributed by atoms with Crippen molar-refractivity contribution < 1.29 is 32.7 Å². The zero-order valence-corrected chi connectivity index (χ0v) is 31.9. The lowest BCUT2D eigenvalue weighted by Gasteiger charge is -2.46. The van der Waals surface area contributed by atoms with E-state index in [2.05, 4.69) is 38.3 Å². The van der Waals surface area contributed by atoms with Crippen molar-refractivity contribution in [3.63, 3.8) is 0 Å². The van der Waals surface area contributed by atoms with Crippen LogP contribution in [-0.4, -0.2) is 80.1 Å². The van der Waals surface area contributed by atoms with Gasteiger partial charge in [-0.05, 0) is 118 Å². The third kappa shape index (κ3) is 7.94. The average molecular weight is 754 g/mol. The molecule has 2 aromatic carbocycles. The van der Waals surface area contributed by atoms with Crippen molar-refractivity contribution >= 4 is 39.0 Å². The van der Waals surface area contributed by atoms with E-state index in [0.29, 0.717) is 75.1 Å². The van der Waals surface area contributed by atoms with Crippen LogP contribution in [-0.2, 0) is 40.8 Å². The molecule has 1 saturated carbocycles. The lowest BCUT2D eigenvalue weighted by atomic mass is 9.68. The van der Waals surface area contributed by atoms with Crippen LogP contribution in [0.15, 0.2) is 52.9 Å². The fourth-order valence-corrected chi connectivity index (χ4v) is 11.1. The van der Waals surface area contributed by atoms with E-state index in [1.54, 1.807) is 13.2 Å². The van der Waals surface area contributed by atoms with Crippen LogP contribution in [0.2, 0.25) is 5.02 Å². The number of aryl methyl sites for hydroxylation is 1. The van der Waals surface area contributed by atoms with Gasteiger partial charge in [0.05, 0.1) is 29.8 Å². The first-order chi connectivity index (χ1) is 25.2. The standard InChI is InChI=1S/C40H52ClN3O7S/c1-3-32-8-4-5-9-36(48-2)33-13-10-29(33)23-44-25-40(18-6-7-27-21-30(41)12-14-34(27)40)26-51-37-15-11-28(22-35(37)44)39(46)43-52(32,47)42-38(45)24-50-31-16-19-49-20-17-31/h5,9,11-12,14-15,21-22,29,31-33,36H,3-4,6-8,10,13,16-20,23-26H2,1-2H3,(H,42,43,45,46,47)/b9-5+/t29-,32+,33+,36-,40-,52?/m0/s1. The smallest absolute Gasteiger partial charge is 0.286 e.